The van der Waals surface area contributed by atoms with Crippen LogP contribution >= 0.6 is 0 Å². The highest BCUT2D eigenvalue weighted by Crippen LogP contribution is 2.12. The molecule has 2 amide bonds. The summed E-state index contributed by atoms with van der Waals surface area (Å²) in [7, 11) is 0. The van der Waals surface area contributed by atoms with Crippen LogP contribution in [-0.4, -0.2) is 15.6 Å². The molecule has 2 heterocycles. The van der Waals surface area contributed by atoms with Crippen LogP contribution in [0.1, 0.15) is 11.3 Å². The predicted octanol–water partition coefficient (Wildman–Crippen LogP) is 2.96. The summed E-state index contributed by atoms with van der Waals surface area (Å²) >= 11 is 0. The van der Waals surface area contributed by atoms with Gasteiger partial charge in [-0.25, -0.2) is 9.31 Å². The first-order chi connectivity index (χ1) is 10.2. The quantitative estimate of drug-likeness (QED) is 0.775. The number of benzene rings is 1. The predicted molar refractivity (Wildman–Crippen MR) is 82.2 cm³/mol. The van der Waals surface area contributed by atoms with E-state index in [1.807, 2.05) is 61.7 Å². The Bertz CT molecular complexity index is 746. The summed E-state index contributed by atoms with van der Waals surface area (Å²) in [5, 5.41) is 10.0. The molecule has 3 aromatic rings. The first-order valence-corrected chi connectivity index (χ1v) is 6.76. The number of aryl methyl sites for hydroxylation is 1. The zero-order valence-electron chi connectivity index (χ0n) is 11.7. The van der Waals surface area contributed by atoms with E-state index in [0.29, 0.717) is 6.54 Å². The van der Waals surface area contributed by atoms with Gasteiger partial charge in [0.15, 0.2) is 0 Å². The van der Waals surface area contributed by atoms with Crippen LogP contribution < -0.4 is 10.6 Å². The molecule has 0 bridgehead atoms. The Balaban J connectivity index is 1.62. The molecule has 0 saturated carbocycles. The number of nitrogens with zero attached hydrogens (tertiary/aromatic N) is 2. The summed E-state index contributed by atoms with van der Waals surface area (Å²) in [6.07, 6.45) is 1.88. The summed E-state index contributed by atoms with van der Waals surface area (Å²) in [5.41, 5.74) is 3.67. The molecule has 0 unspecified atom stereocenters. The second-order valence-corrected chi connectivity index (χ2v) is 4.83. The van der Waals surface area contributed by atoms with Crippen LogP contribution in [0.3, 0.4) is 0 Å². The first kappa shape index (κ1) is 13.2. The third-order valence-electron chi connectivity index (χ3n) is 3.24. The van der Waals surface area contributed by atoms with Crippen molar-refractivity contribution in [3.63, 3.8) is 0 Å². The number of amides is 2. The molecule has 0 aliphatic carbocycles. The van der Waals surface area contributed by atoms with E-state index in [-0.39, 0.29) is 6.03 Å². The van der Waals surface area contributed by atoms with Crippen molar-refractivity contribution in [1.29, 1.82) is 0 Å². The minimum Gasteiger partial charge on any atom is -0.332 e. The maximum atomic E-state index is 11.9. The van der Waals surface area contributed by atoms with Crippen molar-refractivity contribution in [2.75, 3.05) is 5.32 Å². The second kappa shape index (κ2) is 5.66. The summed E-state index contributed by atoms with van der Waals surface area (Å²) in [6, 6.07) is 15.2. The Labute approximate surface area is 122 Å². The van der Waals surface area contributed by atoms with Gasteiger partial charge in [0.1, 0.15) is 0 Å². The van der Waals surface area contributed by atoms with Gasteiger partial charge in [-0.2, -0.15) is 5.10 Å². The molecule has 0 aliphatic rings. The monoisotopic (exact) mass is 280 g/mol. The molecule has 0 fully saturated rings. The van der Waals surface area contributed by atoms with Gasteiger partial charge in [0.05, 0.1) is 17.8 Å². The number of carbonyl (C=O) groups is 1. The van der Waals surface area contributed by atoms with Crippen LogP contribution in [0.4, 0.5) is 10.5 Å². The van der Waals surface area contributed by atoms with E-state index in [4.69, 9.17) is 0 Å². The van der Waals surface area contributed by atoms with Gasteiger partial charge in [0.2, 0.25) is 0 Å². The highest BCUT2D eigenvalue weighted by Gasteiger charge is 2.05. The molecule has 106 valence electrons. The van der Waals surface area contributed by atoms with Gasteiger partial charge in [0, 0.05) is 11.9 Å². The van der Waals surface area contributed by atoms with Gasteiger partial charge < -0.3 is 10.6 Å². The van der Waals surface area contributed by atoms with E-state index >= 15 is 0 Å². The van der Waals surface area contributed by atoms with E-state index < -0.39 is 0 Å². The summed E-state index contributed by atoms with van der Waals surface area (Å²) in [5.74, 6) is 0. The van der Waals surface area contributed by atoms with Gasteiger partial charge in [-0.1, -0.05) is 24.3 Å². The largest absolute Gasteiger partial charge is 0.332 e. The number of aromatic nitrogens is 2. The normalized spacial score (nSPS) is 10.5. The summed E-state index contributed by atoms with van der Waals surface area (Å²) < 4.78 is 1.79. The Morgan fingerprint density at radius 3 is 2.81 bits per heavy atom. The lowest BCUT2D eigenvalue weighted by molar-refractivity contribution is 0.251. The molecule has 2 N–H and O–H groups in total. The van der Waals surface area contributed by atoms with Crippen LogP contribution in [0.25, 0.3) is 5.52 Å². The number of carbonyl (C=O) groups excluding carboxylic acids is 1. The van der Waals surface area contributed by atoms with Gasteiger partial charge in [-0.15, -0.1) is 0 Å². The van der Waals surface area contributed by atoms with Gasteiger partial charge in [-0.05, 0) is 36.8 Å². The topological polar surface area (TPSA) is 58.4 Å². The van der Waals surface area contributed by atoms with Crippen LogP contribution in [0, 0.1) is 6.92 Å². The molecule has 21 heavy (non-hydrogen) atoms. The van der Waals surface area contributed by atoms with Crippen molar-refractivity contribution < 1.29 is 4.79 Å². The molecule has 0 aliphatic heterocycles. The van der Waals surface area contributed by atoms with Crippen molar-refractivity contribution in [2.24, 2.45) is 0 Å². The smallest absolute Gasteiger partial charge is 0.319 e. The van der Waals surface area contributed by atoms with Crippen molar-refractivity contribution >= 4 is 17.2 Å². The first-order valence-electron chi connectivity index (χ1n) is 6.76. The molecule has 0 radical (unpaired) electrons. The molecular weight excluding hydrogens is 264 g/mol. The number of urea groups is 1. The fraction of sp³-hybridized carbons (Fsp3) is 0.125. The zero-order chi connectivity index (χ0) is 14.7. The summed E-state index contributed by atoms with van der Waals surface area (Å²) in [6.45, 7) is 2.34. The Morgan fingerprint density at radius 2 is 2.00 bits per heavy atom. The van der Waals surface area contributed by atoms with Crippen molar-refractivity contribution in [3.05, 3.63) is 66.0 Å². The maximum Gasteiger partial charge on any atom is 0.319 e. The van der Waals surface area contributed by atoms with Crippen LogP contribution in [0.2, 0.25) is 0 Å². The number of fused-ring (bicyclic) bond motifs is 1. The average molecular weight is 280 g/mol. The number of nitrogens with one attached hydrogen (secondary N) is 2. The number of hydrogen-bond acceptors (Lipinski definition) is 2. The van der Waals surface area contributed by atoms with E-state index in [1.54, 1.807) is 4.52 Å². The minimum atomic E-state index is -0.235. The van der Waals surface area contributed by atoms with Crippen LogP contribution in [-0.2, 0) is 6.54 Å². The van der Waals surface area contributed by atoms with Crippen molar-refractivity contribution in [2.45, 2.75) is 13.5 Å². The van der Waals surface area contributed by atoms with Gasteiger partial charge >= 0.3 is 6.03 Å². The van der Waals surface area contributed by atoms with Gasteiger partial charge in [0.25, 0.3) is 0 Å². The maximum absolute atomic E-state index is 11.9. The fourth-order valence-corrected chi connectivity index (χ4v) is 2.13. The minimum absolute atomic E-state index is 0.235. The standard InChI is InChI=1S/C16H16N4O/c1-12-6-2-3-8-15(12)18-16(21)17-11-13-10-14-7-4-5-9-20(14)19-13/h2-10H,11H2,1H3,(H2,17,18,21). The molecule has 1 aromatic carbocycles. The highest BCUT2D eigenvalue weighted by atomic mass is 16.2. The third kappa shape index (κ3) is 3.02. The van der Waals surface area contributed by atoms with Crippen LogP contribution in [0.5, 0.6) is 0 Å². The van der Waals surface area contributed by atoms with Crippen molar-refractivity contribution in [1.82, 2.24) is 14.9 Å². The molecule has 0 saturated heterocycles. The van der Waals surface area contributed by atoms with Crippen molar-refractivity contribution in [3.8, 4) is 0 Å². The Morgan fingerprint density at radius 1 is 1.19 bits per heavy atom. The number of rotatable bonds is 3. The SMILES string of the molecule is Cc1ccccc1NC(=O)NCc1cc2ccccn2n1. The Hall–Kier alpha value is -2.82. The lowest BCUT2D eigenvalue weighted by Gasteiger charge is -2.08. The number of para-hydroxylation sites is 1. The molecule has 5 heteroatoms. The number of anilines is 1. The third-order valence-corrected chi connectivity index (χ3v) is 3.24. The van der Waals surface area contributed by atoms with E-state index in [2.05, 4.69) is 15.7 Å². The Kier molecular flexibility index (Phi) is 3.55. The van der Waals surface area contributed by atoms with Gasteiger partial charge in [-0.3, -0.25) is 0 Å². The summed E-state index contributed by atoms with van der Waals surface area (Å²) in [4.78, 5) is 11.9. The zero-order valence-corrected chi connectivity index (χ0v) is 11.7. The van der Waals surface area contributed by atoms with E-state index in [9.17, 15) is 4.79 Å². The van der Waals surface area contributed by atoms with E-state index in [1.165, 1.54) is 0 Å². The van der Waals surface area contributed by atoms with Crippen LogP contribution in [0.15, 0.2) is 54.7 Å². The molecule has 0 atom stereocenters. The second-order valence-electron chi connectivity index (χ2n) is 4.83. The number of pyridine rings is 1. The molecule has 3 rings (SSSR count). The fourth-order valence-electron chi connectivity index (χ4n) is 2.13. The lowest BCUT2D eigenvalue weighted by Crippen LogP contribution is -2.28. The molecule has 5 nitrogen and oxygen atoms in total. The van der Waals surface area contributed by atoms with E-state index in [0.717, 1.165) is 22.5 Å². The number of hydrogen-bond donors (Lipinski definition) is 2. The average Bonchev–Trinajstić information content (AvgIpc) is 2.90. The highest BCUT2D eigenvalue weighted by molar-refractivity contribution is 5.89. The lowest BCUT2D eigenvalue weighted by atomic mass is 10.2. The molecular formula is C16H16N4O. The molecule has 2 aromatic heterocycles. The molecule has 0 spiro atoms.